The van der Waals surface area contributed by atoms with E-state index in [1.807, 2.05) is 48.0 Å². The number of nitrogens with zero attached hydrogens (tertiary/aromatic N) is 4. The zero-order valence-electron chi connectivity index (χ0n) is 16.8. The smallest absolute Gasteiger partial charge is 0.267 e. The second-order valence-electron chi connectivity index (χ2n) is 6.86. The van der Waals surface area contributed by atoms with E-state index in [9.17, 15) is 9.18 Å². The van der Waals surface area contributed by atoms with Crippen LogP contribution >= 0.6 is 22.7 Å². The predicted molar refractivity (Wildman–Crippen MR) is 122 cm³/mol. The lowest BCUT2D eigenvalue weighted by atomic mass is 10.3. The third-order valence-corrected chi connectivity index (χ3v) is 6.55. The minimum atomic E-state index is -0.328. The van der Waals surface area contributed by atoms with Gasteiger partial charge in [0.25, 0.3) is 5.91 Å². The van der Waals surface area contributed by atoms with Crippen molar-refractivity contribution < 1.29 is 13.9 Å². The number of thiophene rings is 1. The first-order valence-corrected chi connectivity index (χ1v) is 11.3. The molecular weight excluding hydrogens is 449 g/mol. The number of halogens is 1. The zero-order valence-corrected chi connectivity index (χ0v) is 18.4. The quantitative estimate of drug-likeness (QED) is 0.372. The number of benzene rings is 2. The molecule has 0 atom stereocenters. The zero-order chi connectivity index (χ0) is 22.1. The first-order valence-electron chi connectivity index (χ1n) is 9.63. The molecule has 160 valence electrons. The fraction of sp³-hybridized carbons (Fsp3) is 0.0909. The fourth-order valence-electron chi connectivity index (χ4n) is 3.10. The maximum atomic E-state index is 13.0. The Hall–Kier alpha value is -3.63. The summed E-state index contributed by atoms with van der Waals surface area (Å²) in [5.74, 6) is -0.0566. The highest BCUT2D eigenvalue weighted by Gasteiger charge is 2.18. The van der Waals surface area contributed by atoms with Crippen molar-refractivity contribution in [3.05, 3.63) is 82.1 Å². The van der Waals surface area contributed by atoms with E-state index in [2.05, 4.69) is 20.6 Å². The van der Waals surface area contributed by atoms with Crippen molar-refractivity contribution in [2.45, 2.75) is 13.5 Å². The average molecular weight is 466 g/mol. The van der Waals surface area contributed by atoms with Gasteiger partial charge in [-0.1, -0.05) is 29.5 Å². The average Bonchev–Trinajstić information content (AvgIpc) is 3.51. The van der Waals surface area contributed by atoms with Gasteiger partial charge in [0.1, 0.15) is 23.0 Å². The molecule has 1 N–H and O–H groups in total. The van der Waals surface area contributed by atoms with Crippen LogP contribution in [0.3, 0.4) is 0 Å². The number of hydrogen-bond donors (Lipinski definition) is 1. The van der Waals surface area contributed by atoms with Gasteiger partial charge in [-0.15, -0.1) is 21.5 Å². The highest BCUT2D eigenvalue weighted by molar-refractivity contribution is 7.20. The van der Waals surface area contributed by atoms with Gasteiger partial charge in [0, 0.05) is 5.39 Å². The van der Waals surface area contributed by atoms with E-state index in [0.29, 0.717) is 20.8 Å². The number of rotatable bonds is 6. The van der Waals surface area contributed by atoms with Crippen LogP contribution in [0.1, 0.15) is 20.4 Å². The van der Waals surface area contributed by atoms with E-state index >= 15 is 0 Å². The second-order valence-corrected chi connectivity index (χ2v) is 8.95. The molecule has 0 bridgehead atoms. The number of nitrogens with one attached hydrogen (secondary N) is 1. The topological polar surface area (TPSA) is 81.9 Å². The van der Waals surface area contributed by atoms with E-state index in [1.54, 1.807) is 12.1 Å². The molecule has 0 aliphatic rings. The molecule has 3 aromatic heterocycles. The minimum absolute atomic E-state index is 0.175. The van der Waals surface area contributed by atoms with Crippen molar-refractivity contribution in [3.8, 4) is 11.4 Å². The van der Waals surface area contributed by atoms with Crippen LogP contribution in [-0.4, -0.2) is 25.9 Å². The molecule has 5 aromatic rings. The fourth-order valence-corrected chi connectivity index (χ4v) is 4.83. The Labute approximate surface area is 190 Å². The third kappa shape index (κ3) is 4.10. The summed E-state index contributed by atoms with van der Waals surface area (Å²) < 4.78 is 20.4. The molecule has 0 fully saturated rings. The van der Waals surface area contributed by atoms with E-state index in [-0.39, 0.29) is 18.3 Å². The number of fused-ring (bicyclic) bond motifs is 1. The highest BCUT2D eigenvalue weighted by Crippen LogP contribution is 2.31. The van der Waals surface area contributed by atoms with Crippen molar-refractivity contribution in [3.63, 3.8) is 0 Å². The number of aryl methyl sites for hydroxylation is 1. The molecule has 0 aliphatic heterocycles. The molecule has 0 unspecified atom stereocenters. The van der Waals surface area contributed by atoms with Gasteiger partial charge < -0.3 is 4.74 Å². The summed E-state index contributed by atoms with van der Waals surface area (Å²) in [4.78, 5) is 14.3. The van der Waals surface area contributed by atoms with E-state index in [4.69, 9.17) is 4.74 Å². The molecule has 0 aliphatic carbocycles. The minimum Gasteiger partial charge on any atom is -0.486 e. The van der Waals surface area contributed by atoms with Crippen molar-refractivity contribution >= 4 is 43.9 Å². The highest BCUT2D eigenvalue weighted by atomic mass is 32.1. The summed E-state index contributed by atoms with van der Waals surface area (Å²) in [6.45, 7) is 2.10. The van der Waals surface area contributed by atoms with E-state index < -0.39 is 0 Å². The van der Waals surface area contributed by atoms with Gasteiger partial charge in [0.15, 0.2) is 5.01 Å². The number of carbonyl (C=O) groups excluding carboxylic acids is 1. The molecule has 7 nitrogen and oxygen atoms in total. The SMILES string of the molecule is Cc1nn(-c2ccccc2)c2sc(C(=O)Nc3nnc(COc4ccc(F)cc4)s3)cc12. The molecule has 2 aromatic carbocycles. The molecule has 10 heteroatoms. The van der Waals surface area contributed by atoms with Crippen LogP contribution < -0.4 is 10.1 Å². The molecule has 0 saturated carbocycles. The Bertz CT molecular complexity index is 1390. The summed E-state index contributed by atoms with van der Waals surface area (Å²) in [5.41, 5.74) is 1.80. The molecular formula is C22H16FN5O2S2. The van der Waals surface area contributed by atoms with Gasteiger partial charge in [-0.25, -0.2) is 9.07 Å². The van der Waals surface area contributed by atoms with E-state index in [1.165, 1.54) is 34.8 Å². The molecule has 1 amide bonds. The van der Waals surface area contributed by atoms with Crippen molar-refractivity contribution in [2.24, 2.45) is 0 Å². The number of para-hydroxylation sites is 1. The van der Waals surface area contributed by atoms with Gasteiger partial charge in [-0.05, 0) is 49.4 Å². The first kappa shape index (κ1) is 20.3. The van der Waals surface area contributed by atoms with Crippen LogP contribution in [0.4, 0.5) is 9.52 Å². The Morgan fingerprint density at radius 3 is 2.66 bits per heavy atom. The lowest BCUT2D eigenvalue weighted by molar-refractivity contribution is 0.103. The van der Waals surface area contributed by atoms with Crippen molar-refractivity contribution in [2.75, 3.05) is 5.32 Å². The number of amides is 1. The Morgan fingerprint density at radius 2 is 1.88 bits per heavy atom. The molecule has 32 heavy (non-hydrogen) atoms. The largest absolute Gasteiger partial charge is 0.486 e. The Kier molecular flexibility index (Phi) is 5.38. The maximum absolute atomic E-state index is 13.0. The normalized spacial score (nSPS) is 11.1. The summed E-state index contributed by atoms with van der Waals surface area (Å²) >= 11 is 2.60. The summed E-state index contributed by atoms with van der Waals surface area (Å²) in [7, 11) is 0. The van der Waals surface area contributed by atoms with Gasteiger partial charge in [-0.2, -0.15) is 5.10 Å². The number of anilines is 1. The van der Waals surface area contributed by atoms with Crippen LogP contribution in [-0.2, 0) is 6.61 Å². The monoisotopic (exact) mass is 465 g/mol. The van der Waals surface area contributed by atoms with Gasteiger partial charge in [-0.3, -0.25) is 10.1 Å². The van der Waals surface area contributed by atoms with Crippen molar-refractivity contribution in [1.82, 2.24) is 20.0 Å². The number of hydrogen-bond acceptors (Lipinski definition) is 7. The van der Waals surface area contributed by atoms with Gasteiger partial charge in [0.05, 0.1) is 16.3 Å². The summed E-state index contributed by atoms with van der Waals surface area (Å²) in [6, 6.07) is 17.4. The Morgan fingerprint density at radius 1 is 1.09 bits per heavy atom. The number of carbonyl (C=O) groups is 1. The van der Waals surface area contributed by atoms with Crippen LogP contribution in [0.25, 0.3) is 15.9 Å². The van der Waals surface area contributed by atoms with Gasteiger partial charge in [0.2, 0.25) is 5.13 Å². The molecule has 3 heterocycles. The Balaban J connectivity index is 1.29. The second kappa shape index (κ2) is 8.48. The number of ether oxygens (including phenoxy) is 1. The van der Waals surface area contributed by atoms with E-state index in [0.717, 1.165) is 21.6 Å². The molecule has 0 radical (unpaired) electrons. The van der Waals surface area contributed by atoms with Crippen LogP contribution in [0.15, 0.2) is 60.7 Å². The van der Waals surface area contributed by atoms with Crippen molar-refractivity contribution in [1.29, 1.82) is 0 Å². The molecule has 0 spiro atoms. The third-order valence-electron chi connectivity index (χ3n) is 4.63. The molecule has 0 saturated heterocycles. The summed E-state index contributed by atoms with van der Waals surface area (Å²) in [5, 5.41) is 17.4. The first-order chi connectivity index (χ1) is 15.6. The van der Waals surface area contributed by atoms with Crippen LogP contribution in [0.5, 0.6) is 5.75 Å². The van der Waals surface area contributed by atoms with Crippen LogP contribution in [0.2, 0.25) is 0 Å². The molecule has 5 rings (SSSR count). The lowest BCUT2D eigenvalue weighted by Crippen LogP contribution is -2.09. The number of aromatic nitrogens is 4. The van der Waals surface area contributed by atoms with Crippen LogP contribution in [0, 0.1) is 12.7 Å². The lowest BCUT2D eigenvalue weighted by Gasteiger charge is -2.02. The maximum Gasteiger partial charge on any atom is 0.267 e. The summed E-state index contributed by atoms with van der Waals surface area (Å²) in [6.07, 6.45) is 0. The van der Waals surface area contributed by atoms with Gasteiger partial charge >= 0.3 is 0 Å². The predicted octanol–water partition coefficient (Wildman–Crippen LogP) is 5.22. The standard InChI is InChI=1S/C22H16FN5O2S2/c1-13-17-11-18(31-21(17)28(27-13)15-5-3-2-4-6-15)20(29)24-22-26-25-19(32-22)12-30-16-9-7-14(23)8-10-16/h2-11H,12H2,1H3,(H,24,26,29).